The highest BCUT2D eigenvalue weighted by Gasteiger charge is 2.13. The molecule has 3 rings (SSSR count). The van der Waals surface area contributed by atoms with E-state index in [1.165, 1.54) is 4.90 Å². The molecule has 3 aromatic rings. The molecule has 0 radical (unpaired) electrons. The molecule has 1 aromatic carbocycles. The van der Waals surface area contributed by atoms with E-state index >= 15 is 0 Å². The van der Waals surface area contributed by atoms with Gasteiger partial charge in [0, 0.05) is 17.3 Å². The van der Waals surface area contributed by atoms with Gasteiger partial charge in [0.05, 0.1) is 29.4 Å². The highest BCUT2D eigenvalue weighted by atomic mass is 32.2. The van der Waals surface area contributed by atoms with E-state index in [0.29, 0.717) is 11.3 Å². The lowest BCUT2D eigenvalue weighted by molar-refractivity contribution is 0.0954. The van der Waals surface area contributed by atoms with Gasteiger partial charge < -0.3 is 0 Å². The molecule has 2 aromatic heterocycles. The van der Waals surface area contributed by atoms with Crippen molar-refractivity contribution in [2.45, 2.75) is 11.8 Å². The molecule has 1 amide bonds. The first-order valence-corrected chi connectivity index (χ1v) is 8.84. The second-order valence-corrected chi connectivity index (χ2v) is 6.14. The van der Waals surface area contributed by atoms with Crippen LogP contribution in [-0.4, -0.2) is 33.1 Å². The molecule has 0 aliphatic heterocycles. The maximum absolute atomic E-state index is 12.3. The van der Waals surface area contributed by atoms with Gasteiger partial charge in [-0.05, 0) is 43.0 Å². The smallest absolute Gasteiger partial charge is 0.267 e. The number of nitrogens with one attached hydrogen (secondary N) is 1. The molecule has 0 fully saturated rings. The van der Waals surface area contributed by atoms with E-state index in [0.717, 1.165) is 11.3 Å². The molecule has 0 atom stereocenters. The van der Waals surface area contributed by atoms with Crippen molar-refractivity contribution in [3.8, 4) is 5.69 Å². The summed E-state index contributed by atoms with van der Waals surface area (Å²) in [4.78, 5) is 17.5. The summed E-state index contributed by atoms with van der Waals surface area (Å²) in [6, 6.07) is 11.6. The van der Waals surface area contributed by atoms with E-state index < -0.39 is 0 Å². The molecule has 0 unspecified atom stereocenters. The Morgan fingerprint density at radius 1 is 1.28 bits per heavy atom. The average Bonchev–Trinajstić information content (AvgIpc) is 3.05. The Balaban J connectivity index is 1.69. The van der Waals surface area contributed by atoms with Crippen molar-refractivity contribution in [3.05, 3.63) is 71.8 Å². The number of amides is 1. The highest BCUT2D eigenvalue weighted by Crippen LogP contribution is 2.14. The summed E-state index contributed by atoms with van der Waals surface area (Å²) >= 11 is 1.68. The molecule has 6 nitrogen and oxygen atoms in total. The average molecular weight is 351 g/mol. The summed E-state index contributed by atoms with van der Waals surface area (Å²) < 4.78 is 1.63. The molecule has 1 N–H and O–H groups in total. The largest absolute Gasteiger partial charge is 0.274 e. The summed E-state index contributed by atoms with van der Waals surface area (Å²) in [6.07, 6.45) is 8.68. The van der Waals surface area contributed by atoms with Gasteiger partial charge in [-0.15, -0.1) is 11.8 Å². The van der Waals surface area contributed by atoms with Crippen molar-refractivity contribution in [1.29, 1.82) is 0 Å². The predicted octanol–water partition coefficient (Wildman–Crippen LogP) is 3.06. The fourth-order valence-corrected chi connectivity index (χ4v) is 2.63. The van der Waals surface area contributed by atoms with Crippen LogP contribution in [0.5, 0.6) is 0 Å². The number of thioether (sulfide) groups is 1. The standard InChI is InChI=1S/C18H17N5OS/c1-13-17(12-23(22-13)15-4-3-9-19-11-15)18(24)21-20-10-14-5-7-16(25-2)8-6-14/h3-12H,1-2H3,(H,21,24). The quantitative estimate of drug-likeness (QED) is 0.436. The zero-order valence-electron chi connectivity index (χ0n) is 13.9. The molecular weight excluding hydrogens is 334 g/mol. The number of aromatic nitrogens is 3. The van der Waals surface area contributed by atoms with Crippen molar-refractivity contribution in [1.82, 2.24) is 20.2 Å². The molecule has 7 heteroatoms. The minimum atomic E-state index is -0.301. The molecule has 0 spiro atoms. The van der Waals surface area contributed by atoms with Gasteiger partial charge in [0.15, 0.2) is 0 Å². The van der Waals surface area contributed by atoms with Crippen LogP contribution in [0.2, 0.25) is 0 Å². The number of carbonyl (C=O) groups is 1. The van der Waals surface area contributed by atoms with Gasteiger partial charge in [-0.25, -0.2) is 10.1 Å². The summed E-state index contributed by atoms with van der Waals surface area (Å²) in [5.74, 6) is -0.301. The third-order valence-corrected chi connectivity index (χ3v) is 4.29. The van der Waals surface area contributed by atoms with Crippen LogP contribution >= 0.6 is 11.8 Å². The second-order valence-electron chi connectivity index (χ2n) is 5.26. The van der Waals surface area contributed by atoms with Crippen LogP contribution in [0, 0.1) is 6.92 Å². The Hall–Kier alpha value is -2.93. The Morgan fingerprint density at radius 3 is 2.76 bits per heavy atom. The number of aryl methyl sites for hydroxylation is 1. The maximum Gasteiger partial charge on any atom is 0.274 e. The van der Waals surface area contributed by atoms with Crippen molar-refractivity contribution in [2.75, 3.05) is 6.26 Å². The normalized spacial score (nSPS) is 11.0. The Morgan fingerprint density at radius 2 is 2.08 bits per heavy atom. The van der Waals surface area contributed by atoms with Gasteiger partial charge in [-0.3, -0.25) is 9.78 Å². The molecule has 0 saturated heterocycles. The fraction of sp³-hybridized carbons (Fsp3) is 0.111. The summed E-state index contributed by atoms with van der Waals surface area (Å²) in [5, 5.41) is 8.36. The number of carbonyl (C=O) groups excluding carboxylic acids is 1. The number of nitrogens with zero attached hydrogens (tertiary/aromatic N) is 4. The van der Waals surface area contributed by atoms with Gasteiger partial charge in [-0.2, -0.15) is 10.2 Å². The lowest BCUT2D eigenvalue weighted by atomic mass is 10.2. The molecule has 0 aliphatic rings. The van der Waals surface area contributed by atoms with E-state index in [1.807, 2.05) is 42.7 Å². The zero-order chi connectivity index (χ0) is 17.6. The fourth-order valence-electron chi connectivity index (χ4n) is 2.22. The first kappa shape index (κ1) is 16.9. The minimum Gasteiger partial charge on any atom is -0.267 e. The van der Waals surface area contributed by atoms with E-state index in [9.17, 15) is 4.79 Å². The third kappa shape index (κ3) is 4.13. The number of hydrogen-bond donors (Lipinski definition) is 1. The molecule has 25 heavy (non-hydrogen) atoms. The van der Waals surface area contributed by atoms with Gasteiger partial charge in [-0.1, -0.05) is 12.1 Å². The molecule has 126 valence electrons. The lowest BCUT2D eigenvalue weighted by Gasteiger charge is -1.99. The Labute approximate surface area is 150 Å². The van der Waals surface area contributed by atoms with E-state index in [1.54, 1.807) is 48.2 Å². The van der Waals surface area contributed by atoms with Crippen LogP contribution in [0.15, 0.2) is 65.0 Å². The van der Waals surface area contributed by atoms with Crippen LogP contribution in [0.4, 0.5) is 0 Å². The lowest BCUT2D eigenvalue weighted by Crippen LogP contribution is -2.18. The van der Waals surface area contributed by atoms with Crippen LogP contribution in [-0.2, 0) is 0 Å². The molecule has 0 saturated carbocycles. The number of rotatable bonds is 5. The SMILES string of the molecule is CSc1ccc(C=NNC(=O)c2cn(-c3cccnc3)nc2C)cc1. The number of hydrazone groups is 1. The Bertz CT molecular complexity index is 888. The van der Waals surface area contributed by atoms with Gasteiger partial charge in [0.2, 0.25) is 0 Å². The van der Waals surface area contributed by atoms with E-state index in [-0.39, 0.29) is 5.91 Å². The molecular formula is C18H17N5OS. The third-order valence-electron chi connectivity index (χ3n) is 3.55. The first-order valence-electron chi connectivity index (χ1n) is 7.61. The van der Waals surface area contributed by atoms with Gasteiger partial charge in [0.1, 0.15) is 0 Å². The van der Waals surface area contributed by atoms with Crippen LogP contribution in [0.3, 0.4) is 0 Å². The number of benzene rings is 1. The topological polar surface area (TPSA) is 72.2 Å². The zero-order valence-corrected chi connectivity index (χ0v) is 14.7. The monoisotopic (exact) mass is 351 g/mol. The molecule has 0 bridgehead atoms. The molecule has 2 heterocycles. The van der Waals surface area contributed by atoms with Crippen molar-refractivity contribution >= 4 is 23.9 Å². The highest BCUT2D eigenvalue weighted by molar-refractivity contribution is 7.98. The van der Waals surface area contributed by atoms with Crippen LogP contribution in [0.25, 0.3) is 5.69 Å². The first-order chi connectivity index (χ1) is 12.2. The van der Waals surface area contributed by atoms with Crippen molar-refractivity contribution < 1.29 is 4.79 Å². The van der Waals surface area contributed by atoms with Gasteiger partial charge in [0.25, 0.3) is 5.91 Å². The minimum absolute atomic E-state index is 0.301. The Kier molecular flexibility index (Phi) is 5.25. The second kappa shape index (κ2) is 7.76. The van der Waals surface area contributed by atoms with Crippen LogP contribution < -0.4 is 5.43 Å². The maximum atomic E-state index is 12.3. The van der Waals surface area contributed by atoms with Gasteiger partial charge >= 0.3 is 0 Å². The number of pyridine rings is 1. The van der Waals surface area contributed by atoms with Crippen molar-refractivity contribution in [3.63, 3.8) is 0 Å². The molecule has 0 aliphatic carbocycles. The number of hydrogen-bond acceptors (Lipinski definition) is 5. The summed E-state index contributed by atoms with van der Waals surface area (Å²) in [5.41, 5.74) is 5.35. The van der Waals surface area contributed by atoms with Crippen molar-refractivity contribution in [2.24, 2.45) is 5.10 Å². The summed E-state index contributed by atoms with van der Waals surface area (Å²) in [6.45, 7) is 1.78. The van der Waals surface area contributed by atoms with E-state index in [4.69, 9.17) is 0 Å². The summed E-state index contributed by atoms with van der Waals surface area (Å²) in [7, 11) is 0. The van der Waals surface area contributed by atoms with E-state index in [2.05, 4.69) is 20.6 Å². The van der Waals surface area contributed by atoms with Crippen LogP contribution in [0.1, 0.15) is 21.6 Å². The predicted molar refractivity (Wildman–Crippen MR) is 99.4 cm³/mol.